The zero-order valence-electron chi connectivity index (χ0n) is 20.5. The first-order valence-electron chi connectivity index (χ1n) is 11.6. The van der Waals surface area contributed by atoms with Crippen LogP contribution in [0.4, 0.5) is 14.5 Å². The molecule has 10 heteroatoms. The Hall–Kier alpha value is -3.92. The van der Waals surface area contributed by atoms with E-state index in [-0.39, 0.29) is 5.69 Å². The molecule has 3 aromatic carbocycles. The highest BCUT2D eigenvalue weighted by molar-refractivity contribution is 8.00. The molecule has 0 bridgehead atoms. The van der Waals surface area contributed by atoms with E-state index in [2.05, 4.69) is 15.5 Å². The molecule has 0 spiro atoms. The number of methoxy groups -OCH3 is 1. The molecule has 1 heterocycles. The normalized spacial score (nSPS) is 12.6. The zero-order chi connectivity index (χ0) is 26.4. The predicted octanol–water partition coefficient (Wildman–Crippen LogP) is 6.20. The Morgan fingerprint density at radius 1 is 1.03 bits per heavy atom. The number of thioether (sulfide) groups is 1. The number of anilines is 1. The van der Waals surface area contributed by atoms with Crippen LogP contribution >= 0.6 is 11.8 Å². The topological polar surface area (TPSA) is 78.3 Å². The number of benzene rings is 3. The van der Waals surface area contributed by atoms with Gasteiger partial charge in [0.2, 0.25) is 5.91 Å². The molecule has 4 rings (SSSR count). The van der Waals surface area contributed by atoms with Gasteiger partial charge in [-0.05, 0) is 49.7 Å². The average molecular weight is 525 g/mol. The SMILES string of the molecule is CCC(Sc1nnc(C(C)Oc2ccccc2OC)n1-c1ccccc1)C(=O)Nc1ccc(F)cc1F. The fraction of sp³-hybridized carbons (Fsp3) is 0.222. The first-order valence-corrected chi connectivity index (χ1v) is 12.5. The number of nitrogens with one attached hydrogen (secondary N) is 1. The molecule has 2 unspecified atom stereocenters. The second kappa shape index (κ2) is 11.9. The molecule has 0 aliphatic carbocycles. The molecule has 0 saturated heterocycles. The number of halogens is 2. The molecule has 192 valence electrons. The highest BCUT2D eigenvalue weighted by atomic mass is 32.2. The van der Waals surface area contributed by atoms with Crippen molar-refractivity contribution in [2.24, 2.45) is 0 Å². The van der Waals surface area contributed by atoms with Crippen LogP contribution in [-0.4, -0.2) is 33.0 Å². The predicted molar refractivity (Wildman–Crippen MR) is 138 cm³/mol. The van der Waals surface area contributed by atoms with E-state index in [1.165, 1.54) is 17.8 Å². The molecular weight excluding hydrogens is 498 g/mol. The third-order valence-corrected chi connectivity index (χ3v) is 6.82. The summed E-state index contributed by atoms with van der Waals surface area (Å²) in [6.07, 6.45) is -0.0793. The molecule has 1 N–H and O–H groups in total. The fourth-order valence-corrected chi connectivity index (χ4v) is 4.63. The summed E-state index contributed by atoms with van der Waals surface area (Å²) in [6, 6.07) is 19.8. The van der Waals surface area contributed by atoms with E-state index in [1.54, 1.807) is 19.2 Å². The number of para-hydroxylation sites is 3. The van der Waals surface area contributed by atoms with Crippen molar-refractivity contribution >= 4 is 23.4 Å². The second-order valence-corrected chi connectivity index (χ2v) is 9.22. The molecule has 0 aliphatic heterocycles. The summed E-state index contributed by atoms with van der Waals surface area (Å²) in [6.45, 7) is 3.70. The van der Waals surface area contributed by atoms with Gasteiger partial charge < -0.3 is 14.8 Å². The van der Waals surface area contributed by atoms with E-state index in [1.807, 2.05) is 60.9 Å². The maximum Gasteiger partial charge on any atom is 0.238 e. The van der Waals surface area contributed by atoms with Crippen LogP contribution in [0.5, 0.6) is 11.5 Å². The minimum absolute atomic E-state index is 0.0884. The Morgan fingerprint density at radius 2 is 1.73 bits per heavy atom. The van der Waals surface area contributed by atoms with Gasteiger partial charge in [0.1, 0.15) is 11.6 Å². The highest BCUT2D eigenvalue weighted by Crippen LogP contribution is 2.34. The van der Waals surface area contributed by atoms with Crippen molar-refractivity contribution in [3.63, 3.8) is 0 Å². The third kappa shape index (κ3) is 6.08. The van der Waals surface area contributed by atoms with Crippen LogP contribution in [0.2, 0.25) is 0 Å². The molecule has 0 aliphatic rings. The Kier molecular flexibility index (Phi) is 8.39. The van der Waals surface area contributed by atoms with Crippen molar-refractivity contribution < 1.29 is 23.0 Å². The number of hydrogen-bond donors (Lipinski definition) is 1. The van der Waals surface area contributed by atoms with Gasteiger partial charge in [0.15, 0.2) is 28.6 Å². The number of hydrogen-bond acceptors (Lipinski definition) is 6. The summed E-state index contributed by atoms with van der Waals surface area (Å²) in [5.74, 6) is -0.318. The number of ether oxygens (including phenoxy) is 2. The Balaban J connectivity index is 1.62. The lowest BCUT2D eigenvalue weighted by Crippen LogP contribution is -2.25. The van der Waals surface area contributed by atoms with Crippen molar-refractivity contribution in [3.8, 4) is 17.2 Å². The lowest BCUT2D eigenvalue weighted by atomic mass is 10.2. The molecule has 37 heavy (non-hydrogen) atoms. The molecule has 4 aromatic rings. The van der Waals surface area contributed by atoms with E-state index < -0.39 is 28.9 Å². The molecule has 1 amide bonds. The van der Waals surface area contributed by atoms with Crippen LogP contribution in [-0.2, 0) is 4.79 Å². The minimum Gasteiger partial charge on any atom is -0.493 e. The first kappa shape index (κ1) is 26.2. The number of carbonyl (C=O) groups excluding carboxylic acids is 1. The number of carbonyl (C=O) groups is 1. The second-order valence-electron chi connectivity index (χ2n) is 8.05. The summed E-state index contributed by atoms with van der Waals surface area (Å²) in [5.41, 5.74) is 0.704. The van der Waals surface area contributed by atoms with Crippen molar-refractivity contribution in [2.45, 2.75) is 36.8 Å². The summed E-state index contributed by atoms with van der Waals surface area (Å²) in [7, 11) is 1.57. The standard InChI is InChI=1S/C27H26F2N4O3S/c1-4-24(26(34)30-21-15-14-18(28)16-20(21)29)37-27-32-31-25(33(27)19-10-6-5-7-11-19)17(2)36-23-13-9-8-12-22(23)35-3/h5-17,24H,4H2,1-3H3,(H,30,34). The van der Waals surface area contributed by atoms with Gasteiger partial charge in [-0.15, -0.1) is 10.2 Å². The van der Waals surface area contributed by atoms with Crippen LogP contribution in [0.1, 0.15) is 32.2 Å². The number of aromatic nitrogens is 3. The van der Waals surface area contributed by atoms with Crippen LogP contribution in [0, 0.1) is 11.6 Å². The van der Waals surface area contributed by atoms with Crippen LogP contribution in [0.15, 0.2) is 78.0 Å². The zero-order valence-corrected chi connectivity index (χ0v) is 21.3. The Morgan fingerprint density at radius 3 is 2.41 bits per heavy atom. The van der Waals surface area contributed by atoms with Gasteiger partial charge in [0, 0.05) is 11.8 Å². The summed E-state index contributed by atoms with van der Waals surface area (Å²) in [4.78, 5) is 13.0. The maximum absolute atomic E-state index is 14.1. The van der Waals surface area contributed by atoms with E-state index in [0.717, 1.165) is 17.8 Å². The first-order chi connectivity index (χ1) is 17.9. The molecule has 0 radical (unpaired) electrons. The van der Waals surface area contributed by atoms with E-state index in [0.29, 0.717) is 28.9 Å². The number of rotatable bonds is 10. The van der Waals surface area contributed by atoms with Crippen LogP contribution in [0.3, 0.4) is 0 Å². The third-order valence-electron chi connectivity index (χ3n) is 5.51. The van der Waals surface area contributed by atoms with Crippen molar-refractivity contribution in [3.05, 3.63) is 90.3 Å². The molecule has 1 aromatic heterocycles. The van der Waals surface area contributed by atoms with Crippen molar-refractivity contribution in [1.82, 2.24) is 14.8 Å². The van der Waals surface area contributed by atoms with Crippen LogP contribution in [0.25, 0.3) is 5.69 Å². The maximum atomic E-state index is 14.1. The lowest BCUT2D eigenvalue weighted by Gasteiger charge is -2.19. The molecular formula is C27H26F2N4O3S. The van der Waals surface area contributed by atoms with Gasteiger partial charge in [-0.3, -0.25) is 9.36 Å². The van der Waals surface area contributed by atoms with Crippen LogP contribution < -0.4 is 14.8 Å². The van der Waals surface area contributed by atoms with Crippen molar-refractivity contribution in [2.75, 3.05) is 12.4 Å². The smallest absolute Gasteiger partial charge is 0.238 e. The van der Waals surface area contributed by atoms with Gasteiger partial charge in [0.05, 0.1) is 18.0 Å². The average Bonchev–Trinajstić information content (AvgIpc) is 3.33. The van der Waals surface area contributed by atoms with E-state index >= 15 is 0 Å². The highest BCUT2D eigenvalue weighted by Gasteiger charge is 2.26. The van der Waals surface area contributed by atoms with E-state index in [9.17, 15) is 13.6 Å². The largest absolute Gasteiger partial charge is 0.493 e. The van der Waals surface area contributed by atoms with Gasteiger partial charge >= 0.3 is 0 Å². The van der Waals surface area contributed by atoms with Gasteiger partial charge in [-0.2, -0.15) is 0 Å². The van der Waals surface area contributed by atoms with Crippen molar-refractivity contribution in [1.29, 1.82) is 0 Å². The van der Waals surface area contributed by atoms with Gasteiger partial charge in [-0.25, -0.2) is 8.78 Å². The number of nitrogens with zero attached hydrogens (tertiary/aromatic N) is 3. The Labute approximate surface area is 217 Å². The number of amides is 1. The fourth-order valence-electron chi connectivity index (χ4n) is 3.65. The van der Waals surface area contributed by atoms with Gasteiger partial charge in [0.25, 0.3) is 0 Å². The Bertz CT molecular complexity index is 1370. The summed E-state index contributed by atoms with van der Waals surface area (Å²) < 4.78 is 40.8. The quantitative estimate of drug-likeness (QED) is 0.249. The monoisotopic (exact) mass is 524 g/mol. The summed E-state index contributed by atoms with van der Waals surface area (Å²) in [5, 5.41) is 11.2. The van der Waals surface area contributed by atoms with Gasteiger partial charge in [-0.1, -0.05) is 49.0 Å². The molecule has 0 fully saturated rings. The minimum atomic E-state index is -0.842. The summed E-state index contributed by atoms with van der Waals surface area (Å²) >= 11 is 1.20. The molecule has 7 nitrogen and oxygen atoms in total. The van der Waals surface area contributed by atoms with E-state index in [4.69, 9.17) is 9.47 Å². The lowest BCUT2D eigenvalue weighted by molar-refractivity contribution is -0.115. The molecule has 2 atom stereocenters. The molecule has 0 saturated carbocycles.